The molecule has 6 heteroatoms. The van der Waals surface area contributed by atoms with Gasteiger partial charge in [0.1, 0.15) is 5.75 Å². The third-order valence-corrected chi connectivity index (χ3v) is 4.36. The maximum absolute atomic E-state index is 11.1. The van der Waals surface area contributed by atoms with E-state index in [0.29, 0.717) is 0 Å². The van der Waals surface area contributed by atoms with Crippen molar-refractivity contribution in [2.24, 2.45) is 0 Å². The lowest BCUT2D eigenvalue weighted by Crippen LogP contribution is -2.47. The molecule has 1 saturated heterocycles. The minimum Gasteiger partial charge on any atom is -0.496 e. The molecule has 1 heterocycles. The van der Waals surface area contributed by atoms with Crippen LogP contribution in [0, 0.1) is 6.92 Å². The Morgan fingerprint density at radius 3 is 2.70 bits per heavy atom. The largest absolute Gasteiger partial charge is 0.496 e. The molecule has 0 amide bonds. The zero-order valence-electron chi connectivity index (χ0n) is 14.2. The van der Waals surface area contributed by atoms with E-state index in [-0.39, 0.29) is 12.6 Å². The zero-order valence-corrected chi connectivity index (χ0v) is 14.2. The fraction of sp³-hybridized carbons (Fsp3) is 0.588. The normalized spacial score (nSPS) is 17.2. The first-order valence-corrected chi connectivity index (χ1v) is 8.01. The SMILES string of the molecule is COc1ccc(C(CN2CCNCC2)N(C)CC(=O)O)cc1C. The molecule has 0 aromatic heterocycles. The number of piperazine rings is 1. The fourth-order valence-electron chi connectivity index (χ4n) is 3.07. The summed E-state index contributed by atoms with van der Waals surface area (Å²) in [6, 6.07) is 6.15. The van der Waals surface area contributed by atoms with Crippen LogP contribution in [0.3, 0.4) is 0 Å². The van der Waals surface area contributed by atoms with Crippen molar-refractivity contribution in [3.05, 3.63) is 29.3 Å². The van der Waals surface area contributed by atoms with Crippen LogP contribution in [0.25, 0.3) is 0 Å². The van der Waals surface area contributed by atoms with Crippen molar-refractivity contribution in [1.29, 1.82) is 0 Å². The number of ether oxygens (including phenoxy) is 1. The molecule has 23 heavy (non-hydrogen) atoms. The number of carboxylic acids is 1. The average molecular weight is 321 g/mol. The first-order valence-electron chi connectivity index (χ1n) is 8.01. The summed E-state index contributed by atoms with van der Waals surface area (Å²) in [4.78, 5) is 15.4. The number of hydrogen-bond acceptors (Lipinski definition) is 5. The first-order chi connectivity index (χ1) is 11.0. The van der Waals surface area contributed by atoms with Crippen molar-refractivity contribution in [1.82, 2.24) is 15.1 Å². The third-order valence-electron chi connectivity index (χ3n) is 4.36. The van der Waals surface area contributed by atoms with Crippen LogP contribution in [0.2, 0.25) is 0 Å². The molecule has 1 aromatic carbocycles. The van der Waals surface area contributed by atoms with E-state index in [4.69, 9.17) is 9.84 Å². The van der Waals surface area contributed by atoms with E-state index < -0.39 is 5.97 Å². The molecule has 128 valence electrons. The fourth-order valence-corrected chi connectivity index (χ4v) is 3.07. The Balaban J connectivity index is 2.20. The standard InChI is InChI=1S/C17H27N3O3/c1-13-10-14(4-5-16(13)23-3)15(19(2)12-17(21)22)11-20-8-6-18-7-9-20/h4-5,10,15,18H,6-9,11-12H2,1-3H3,(H,21,22). The monoisotopic (exact) mass is 321 g/mol. The first kappa shape index (κ1) is 17.7. The molecule has 0 radical (unpaired) electrons. The quantitative estimate of drug-likeness (QED) is 0.780. The van der Waals surface area contributed by atoms with Crippen molar-refractivity contribution < 1.29 is 14.6 Å². The molecule has 2 rings (SSSR count). The second-order valence-corrected chi connectivity index (χ2v) is 6.10. The number of carboxylic acid groups (broad SMARTS) is 1. The minimum atomic E-state index is -0.803. The maximum Gasteiger partial charge on any atom is 0.317 e. The summed E-state index contributed by atoms with van der Waals surface area (Å²) in [5.74, 6) is 0.0543. The number of carbonyl (C=O) groups is 1. The molecular weight excluding hydrogens is 294 g/mol. The van der Waals surface area contributed by atoms with Gasteiger partial charge in [0.25, 0.3) is 0 Å². The van der Waals surface area contributed by atoms with Gasteiger partial charge in [-0.3, -0.25) is 14.6 Å². The van der Waals surface area contributed by atoms with Crippen molar-refractivity contribution >= 4 is 5.97 Å². The van der Waals surface area contributed by atoms with Crippen molar-refractivity contribution in [3.63, 3.8) is 0 Å². The Morgan fingerprint density at radius 2 is 2.13 bits per heavy atom. The Labute approximate surface area is 138 Å². The Hall–Kier alpha value is -1.63. The molecule has 0 aliphatic carbocycles. The number of nitrogens with zero attached hydrogens (tertiary/aromatic N) is 2. The van der Waals surface area contributed by atoms with Gasteiger partial charge >= 0.3 is 5.97 Å². The van der Waals surface area contributed by atoms with Crippen molar-refractivity contribution in [3.8, 4) is 5.75 Å². The Kier molecular flexibility index (Phi) is 6.38. The second-order valence-electron chi connectivity index (χ2n) is 6.10. The molecule has 0 spiro atoms. The highest BCUT2D eigenvalue weighted by molar-refractivity contribution is 5.69. The summed E-state index contributed by atoms with van der Waals surface area (Å²) < 4.78 is 5.33. The van der Waals surface area contributed by atoms with E-state index in [1.165, 1.54) is 0 Å². The van der Waals surface area contributed by atoms with Crippen LogP contribution < -0.4 is 10.1 Å². The summed E-state index contributed by atoms with van der Waals surface area (Å²) in [6.07, 6.45) is 0. The number of benzene rings is 1. The molecule has 2 N–H and O–H groups in total. The number of hydrogen-bond donors (Lipinski definition) is 2. The molecule has 1 fully saturated rings. The van der Waals surface area contributed by atoms with E-state index in [0.717, 1.165) is 49.6 Å². The summed E-state index contributed by atoms with van der Waals surface area (Å²) >= 11 is 0. The van der Waals surface area contributed by atoms with E-state index in [9.17, 15) is 4.79 Å². The highest BCUT2D eigenvalue weighted by Crippen LogP contribution is 2.26. The van der Waals surface area contributed by atoms with E-state index in [1.54, 1.807) is 7.11 Å². The predicted molar refractivity (Wildman–Crippen MR) is 90.0 cm³/mol. The van der Waals surface area contributed by atoms with Gasteiger partial charge in [-0.15, -0.1) is 0 Å². The number of methoxy groups -OCH3 is 1. The summed E-state index contributed by atoms with van der Waals surface area (Å²) in [7, 11) is 3.54. The van der Waals surface area contributed by atoms with Crippen LogP contribution in [-0.2, 0) is 4.79 Å². The number of nitrogens with one attached hydrogen (secondary N) is 1. The summed E-state index contributed by atoms with van der Waals surface area (Å²) in [5, 5.41) is 12.5. The van der Waals surface area contributed by atoms with Gasteiger partial charge in [-0.05, 0) is 31.2 Å². The minimum absolute atomic E-state index is 0.0296. The van der Waals surface area contributed by atoms with Gasteiger partial charge in [0, 0.05) is 38.8 Å². The van der Waals surface area contributed by atoms with Crippen molar-refractivity contribution in [2.45, 2.75) is 13.0 Å². The maximum atomic E-state index is 11.1. The topological polar surface area (TPSA) is 65.0 Å². The van der Waals surface area contributed by atoms with Crippen LogP contribution >= 0.6 is 0 Å². The Morgan fingerprint density at radius 1 is 1.43 bits per heavy atom. The second kappa shape index (κ2) is 8.29. The smallest absolute Gasteiger partial charge is 0.317 e. The molecule has 0 bridgehead atoms. The van der Waals surface area contributed by atoms with Gasteiger partial charge < -0.3 is 15.2 Å². The number of rotatable bonds is 7. The average Bonchev–Trinajstić information content (AvgIpc) is 2.52. The summed E-state index contributed by atoms with van der Waals surface area (Å²) in [5.41, 5.74) is 2.20. The third kappa shape index (κ3) is 4.92. The van der Waals surface area contributed by atoms with E-state index >= 15 is 0 Å². The van der Waals surface area contributed by atoms with Crippen LogP contribution in [0.5, 0.6) is 5.75 Å². The molecule has 6 nitrogen and oxygen atoms in total. The lowest BCUT2D eigenvalue weighted by Gasteiger charge is -2.35. The zero-order chi connectivity index (χ0) is 16.8. The Bertz CT molecular complexity index is 530. The lowest BCUT2D eigenvalue weighted by molar-refractivity contribution is -0.138. The van der Waals surface area contributed by atoms with E-state index in [2.05, 4.69) is 16.3 Å². The molecule has 1 atom stereocenters. The predicted octanol–water partition coefficient (Wildman–Crippen LogP) is 0.966. The van der Waals surface area contributed by atoms with Crippen LogP contribution in [0.1, 0.15) is 17.2 Å². The van der Waals surface area contributed by atoms with Gasteiger partial charge in [0.2, 0.25) is 0 Å². The van der Waals surface area contributed by atoms with Gasteiger partial charge in [-0.25, -0.2) is 0 Å². The molecule has 0 saturated carbocycles. The molecule has 1 aliphatic heterocycles. The van der Waals surface area contributed by atoms with Gasteiger partial charge in [0.05, 0.1) is 13.7 Å². The molecule has 1 aliphatic rings. The summed E-state index contributed by atoms with van der Waals surface area (Å²) in [6.45, 7) is 6.83. The molecule has 1 unspecified atom stereocenters. The molecular formula is C17H27N3O3. The highest BCUT2D eigenvalue weighted by atomic mass is 16.5. The van der Waals surface area contributed by atoms with Gasteiger partial charge in [-0.2, -0.15) is 0 Å². The van der Waals surface area contributed by atoms with Crippen LogP contribution in [0.4, 0.5) is 0 Å². The number of likely N-dealkylation sites (N-methyl/N-ethyl adjacent to an activating group) is 1. The van der Waals surface area contributed by atoms with Gasteiger partial charge in [-0.1, -0.05) is 12.1 Å². The number of aliphatic carboxylic acids is 1. The van der Waals surface area contributed by atoms with Crippen molar-refractivity contribution in [2.75, 3.05) is 53.4 Å². The number of aryl methyl sites for hydroxylation is 1. The molecule has 1 aromatic rings. The lowest BCUT2D eigenvalue weighted by atomic mass is 10.0. The van der Waals surface area contributed by atoms with E-state index in [1.807, 2.05) is 31.0 Å². The highest BCUT2D eigenvalue weighted by Gasteiger charge is 2.23. The van der Waals surface area contributed by atoms with Crippen LogP contribution in [0.15, 0.2) is 18.2 Å². The van der Waals surface area contributed by atoms with Gasteiger partial charge in [0.15, 0.2) is 0 Å². The van der Waals surface area contributed by atoms with Crippen LogP contribution in [-0.4, -0.2) is 74.3 Å².